The molecule has 100 heavy (non-hydrogen) atoms. The standard InChI is InChI=1S/3C8H7F3.C7H8.C6H7F3N2.3C6H7N.C5H5F3N2.2C4H6N2.C3H5N3/c1-6-2-4-7(5-3-6)8(9,10)11;1-6-3-2-4-7(5-6)8(9,10)11;1-6-4-2-3-5-7(6)8(9,10)11;1-7-5-3-2-4-6-7;1-4-3-5(6(7,8)9)10-11(4)2;1-6-2-4-7-5-3-6;1-6-3-2-4-7-5-6;1-6-4-2-3-5-7-6;1-10-3-2-4(9-10)5(6,7)8;1-6-3-2-5-4-6;1-6-4-2-3-5-6;1-6-3-4-2-5-6/h3*2-5H,1H3;2-6H,1H3;3H,1-2H3;3*2-5H,1H3;2-3H,1H3;2*2-4H,1H3;2-3H,1H3. The maximum absolute atomic E-state index is 12.0. The van der Waals surface area contributed by atoms with Crippen LogP contribution in [-0.2, 0) is 66.1 Å². The quantitative estimate of drug-likeness (QED) is 0.136. The highest BCUT2D eigenvalue weighted by molar-refractivity contribution is 5.28. The largest absolute Gasteiger partial charge is 0.435 e. The van der Waals surface area contributed by atoms with E-state index in [4.69, 9.17) is 0 Å². The third kappa shape index (κ3) is 42.1. The third-order valence-electron chi connectivity index (χ3n) is 11.8. The van der Waals surface area contributed by atoms with E-state index in [0.717, 1.165) is 58.4 Å². The minimum absolute atomic E-state index is 0.264. The van der Waals surface area contributed by atoms with E-state index < -0.39 is 59.0 Å². The zero-order valence-electron chi connectivity index (χ0n) is 57.0. The molecule has 8 aromatic heterocycles. The Labute approximate surface area is 571 Å². The summed E-state index contributed by atoms with van der Waals surface area (Å²) in [7, 11) is 8.57. The van der Waals surface area contributed by atoms with E-state index >= 15 is 0 Å². The van der Waals surface area contributed by atoms with Gasteiger partial charge in [0.05, 0.1) is 23.0 Å². The van der Waals surface area contributed by atoms with Crippen molar-refractivity contribution in [2.24, 2.45) is 35.2 Å². The smallest absolute Gasteiger partial charge is 0.341 e. The molecule has 29 heteroatoms. The number of alkyl halides is 15. The zero-order valence-corrected chi connectivity index (χ0v) is 57.0. The molecule has 0 fully saturated rings. The molecular weight excluding hydrogens is 1330 g/mol. The summed E-state index contributed by atoms with van der Waals surface area (Å²) in [5.74, 6) is 0. The van der Waals surface area contributed by atoms with Crippen LogP contribution in [0.3, 0.4) is 0 Å². The van der Waals surface area contributed by atoms with Crippen LogP contribution in [0, 0.1) is 55.4 Å². The molecule has 0 saturated heterocycles. The van der Waals surface area contributed by atoms with Gasteiger partial charge in [-0.2, -0.15) is 86.3 Å². The Kier molecular flexibility index (Phi) is 39.2. The van der Waals surface area contributed by atoms with E-state index in [2.05, 4.69) is 64.4 Å². The zero-order chi connectivity index (χ0) is 75.5. The fourth-order valence-corrected chi connectivity index (χ4v) is 6.52. The summed E-state index contributed by atoms with van der Waals surface area (Å²) in [6, 6.07) is 43.6. The van der Waals surface area contributed by atoms with Crippen molar-refractivity contribution < 1.29 is 65.9 Å². The van der Waals surface area contributed by atoms with Gasteiger partial charge in [-0.3, -0.25) is 33.7 Å². The van der Waals surface area contributed by atoms with Crippen LogP contribution in [0.15, 0.2) is 245 Å². The van der Waals surface area contributed by atoms with Gasteiger partial charge in [0, 0.05) is 109 Å². The Morgan fingerprint density at radius 3 is 1.17 bits per heavy atom. The molecule has 14 nitrogen and oxygen atoms in total. The number of hydrogen-bond acceptors (Lipinski definition) is 9. The summed E-state index contributed by atoms with van der Waals surface area (Å²) in [6.07, 6.45) is 1.09. The summed E-state index contributed by atoms with van der Waals surface area (Å²) in [4.78, 5) is 19.2. The van der Waals surface area contributed by atoms with E-state index in [1.807, 2.05) is 132 Å². The van der Waals surface area contributed by atoms with E-state index in [-0.39, 0.29) is 5.56 Å². The van der Waals surface area contributed by atoms with Crippen molar-refractivity contribution in [3.05, 3.63) is 318 Å². The van der Waals surface area contributed by atoms with Crippen LogP contribution in [-0.4, -0.2) is 68.6 Å². The summed E-state index contributed by atoms with van der Waals surface area (Å²) in [5, 5.41) is 14.0. The SMILES string of the molecule is Cc1cc(C(F)(F)F)nn1C.Cc1ccc(C(F)(F)F)cc1.Cc1cccc(C(F)(F)F)c1.Cc1ccccc1.Cc1ccccc1C(F)(F)F.Cc1ccccn1.Cc1cccnc1.Cc1ccncc1.Cn1ccc(C(F)(F)F)n1.Cn1cccn1.Cn1ccnc1.Cn1cncn1. The molecule has 0 saturated carbocycles. The van der Waals surface area contributed by atoms with Crippen LogP contribution >= 0.6 is 0 Å². The summed E-state index contributed by atoms with van der Waals surface area (Å²) >= 11 is 0. The van der Waals surface area contributed by atoms with Crippen molar-refractivity contribution in [2.75, 3.05) is 0 Å². The van der Waals surface area contributed by atoms with Gasteiger partial charge in [-0.25, -0.2) is 9.97 Å². The van der Waals surface area contributed by atoms with Gasteiger partial charge < -0.3 is 4.57 Å². The van der Waals surface area contributed by atoms with Gasteiger partial charge in [-0.15, -0.1) is 0 Å². The van der Waals surface area contributed by atoms with Crippen LogP contribution in [0.25, 0.3) is 0 Å². The van der Waals surface area contributed by atoms with Crippen LogP contribution in [0.1, 0.15) is 72.8 Å². The van der Waals surface area contributed by atoms with Crippen molar-refractivity contribution >= 4 is 0 Å². The lowest BCUT2D eigenvalue weighted by Gasteiger charge is -2.08. The van der Waals surface area contributed by atoms with Crippen LogP contribution < -0.4 is 0 Å². The minimum Gasteiger partial charge on any atom is -0.341 e. The second-order valence-electron chi connectivity index (χ2n) is 20.9. The lowest BCUT2D eigenvalue weighted by atomic mass is 10.1. The Morgan fingerprint density at radius 2 is 0.900 bits per heavy atom. The van der Waals surface area contributed by atoms with Crippen LogP contribution in [0.4, 0.5) is 65.9 Å². The van der Waals surface area contributed by atoms with Crippen LogP contribution in [0.5, 0.6) is 0 Å². The second-order valence-corrected chi connectivity index (χ2v) is 20.9. The fourth-order valence-electron chi connectivity index (χ4n) is 6.52. The highest BCUT2D eigenvalue weighted by atomic mass is 19.4. The van der Waals surface area contributed by atoms with Crippen molar-refractivity contribution in [2.45, 2.75) is 86.3 Å². The summed E-state index contributed by atoms with van der Waals surface area (Å²) in [5.41, 5.74) is 3.66. The first-order valence-electron chi connectivity index (χ1n) is 29.5. The monoisotopic (exact) mass is 1410 g/mol. The number of halogens is 15. The molecule has 0 aliphatic rings. The Balaban J connectivity index is 0.000000549. The number of hydrogen-bond donors (Lipinski definition) is 0. The number of aromatic nitrogens is 14. The first-order valence-corrected chi connectivity index (χ1v) is 29.5. The lowest BCUT2D eigenvalue weighted by molar-refractivity contribution is -0.142. The van der Waals surface area contributed by atoms with E-state index in [0.29, 0.717) is 11.3 Å². The van der Waals surface area contributed by atoms with Gasteiger partial charge in [-0.05, 0) is 145 Å². The minimum atomic E-state index is -4.33. The summed E-state index contributed by atoms with van der Waals surface area (Å²) in [6.45, 7) is 14.5. The van der Waals surface area contributed by atoms with Crippen LogP contribution in [0.2, 0.25) is 0 Å². The third-order valence-corrected chi connectivity index (χ3v) is 11.8. The second kappa shape index (κ2) is 45.0. The number of benzene rings is 4. The lowest BCUT2D eigenvalue weighted by Crippen LogP contribution is -2.06. The topological polar surface area (TPSA) is 141 Å². The first kappa shape index (κ1) is 87.3. The molecule has 0 N–H and O–H groups in total. The Bertz CT molecular complexity index is 3700. The van der Waals surface area contributed by atoms with Crippen molar-refractivity contribution in [3.63, 3.8) is 0 Å². The Morgan fingerprint density at radius 1 is 0.330 bits per heavy atom. The molecule has 538 valence electrons. The highest BCUT2D eigenvalue weighted by Gasteiger charge is 2.35. The normalized spacial score (nSPS) is 10.4. The molecular formula is C71H79F15N14. The van der Waals surface area contributed by atoms with E-state index in [1.165, 1.54) is 85.2 Å². The van der Waals surface area contributed by atoms with Gasteiger partial charge in [0.2, 0.25) is 0 Å². The van der Waals surface area contributed by atoms with Crippen molar-refractivity contribution in [1.82, 2.24) is 68.6 Å². The van der Waals surface area contributed by atoms with E-state index in [9.17, 15) is 65.9 Å². The predicted octanol–water partition coefficient (Wildman–Crippen LogP) is 19.0. The fraction of sp³-hybridized carbons (Fsp3) is 0.254. The van der Waals surface area contributed by atoms with Gasteiger partial charge in [0.25, 0.3) is 0 Å². The highest BCUT2D eigenvalue weighted by Crippen LogP contribution is 2.32. The maximum atomic E-state index is 12.0. The van der Waals surface area contributed by atoms with E-state index in [1.54, 1.807) is 92.1 Å². The maximum Gasteiger partial charge on any atom is 0.435 e. The molecule has 0 aliphatic carbocycles. The van der Waals surface area contributed by atoms with Gasteiger partial charge in [-0.1, -0.05) is 108 Å². The number of aryl methyl sites for hydroxylation is 13. The average Bonchev–Trinajstić information content (AvgIpc) is 1.52. The van der Waals surface area contributed by atoms with Gasteiger partial charge in [0.15, 0.2) is 11.4 Å². The average molecular weight is 1410 g/mol. The molecule has 0 aliphatic heterocycles. The van der Waals surface area contributed by atoms with Crippen molar-refractivity contribution in [1.29, 1.82) is 0 Å². The van der Waals surface area contributed by atoms with Crippen molar-refractivity contribution in [3.8, 4) is 0 Å². The molecule has 12 rings (SSSR count). The molecule has 0 amide bonds. The molecule has 0 atom stereocenters. The van der Waals surface area contributed by atoms with Gasteiger partial charge >= 0.3 is 30.9 Å². The number of nitrogens with zero attached hydrogens (tertiary/aromatic N) is 14. The number of rotatable bonds is 0. The Hall–Kier alpha value is -10.7. The summed E-state index contributed by atoms with van der Waals surface area (Å²) < 4.78 is 186. The molecule has 0 radical (unpaired) electrons. The number of pyridine rings is 3. The first-order chi connectivity index (χ1) is 46.7. The number of imidazole rings is 1. The molecule has 4 aromatic carbocycles. The molecule has 8 heterocycles. The molecule has 0 bridgehead atoms. The molecule has 0 unspecified atom stereocenters. The molecule has 12 aromatic rings. The molecule has 0 spiro atoms. The predicted molar refractivity (Wildman–Crippen MR) is 355 cm³/mol. The van der Waals surface area contributed by atoms with Gasteiger partial charge in [0.1, 0.15) is 12.7 Å².